The van der Waals surface area contributed by atoms with Crippen LogP contribution in [-0.2, 0) is 14.4 Å². The van der Waals surface area contributed by atoms with Crippen LogP contribution in [0.1, 0.15) is 12.0 Å². The van der Waals surface area contributed by atoms with Gasteiger partial charge in [-0.2, -0.15) is 0 Å². The fraction of sp³-hybridized carbons (Fsp3) is 0.292. The smallest absolute Gasteiger partial charge is 0.293 e. The van der Waals surface area contributed by atoms with Crippen LogP contribution in [0, 0.1) is 5.92 Å². The van der Waals surface area contributed by atoms with Crippen molar-refractivity contribution in [3.05, 3.63) is 53.2 Å². The van der Waals surface area contributed by atoms with Crippen LogP contribution in [0.25, 0.3) is 6.08 Å². The minimum atomic E-state index is -0.560. The monoisotopic (exact) mass is 496 g/mol. The second-order valence-corrected chi connectivity index (χ2v) is 8.85. The Morgan fingerprint density at radius 3 is 2.77 bits per heavy atom. The number of hydrogen-bond acceptors (Lipinski definition) is 8. The van der Waals surface area contributed by atoms with Gasteiger partial charge in [-0.3, -0.25) is 29.1 Å². The Morgan fingerprint density at radius 2 is 2.06 bits per heavy atom. The molecule has 0 bridgehead atoms. The minimum Gasteiger partial charge on any atom is -0.497 e. The summed E-state index contributed by atoms with van der Waals surface area (Å²) >= 11 is 0.851. The molecule has 2 aromatic rings. The molecule has 1 aromatic heterocycles. The molecule has 0 spiro atoms. The van der Waals surface area contributed by atoms with Crippen LogP contribution >= 0.6 is 11.8 Å². The topological polar surface area (TPSA) is 118 Å². The summed E-state index contributed by atoms with van der Waals surface area (Å²) in [4.78, 5) is 57.1. The average Bonchev–Trinajstić information content (AvgIpc) is 3.38. The number of imide groups is 1. The van der Waals surface area contributed by atoms with Crippen LogP contribution in [0.2, 0.25) is 0 Å². The van der Waals surface area contributed by atoms with Gasteiger partial charge in [0.1, 0.15) is 11.5 Å². The van der Waals surface area contributed by atoms with E-state index < -0.39 is 17.1 Å². The fourth-order valence-electron chi connectivity index (χ4n) is 3.86. The first-order valence-electron chi connectivity index (χ1n) is 10.9. The molecular weight excluding hydrogens is 472 g/mol. The Hall–Kier alpha value is -3.86. The van der Waals surface area contributed by atoms with Crippen molar-refractivity contribution in [3.63, 3.8) is 0 Å². The lowest BCUT2D eigenvalue weighted by molar-refractivity contribution is -0.127. The molecule has 35 heavy (non-hydrogen) atoms. The molecule has 4 amide bonds. The summed E-state index contributed by atoms with van der Waals surface area (Å²) in [6.45, 7) is 0.327. The van der Waals surface area contributed by atoms with Gasteiger partial charge in [0.2, 0.25) is 11.8 Å². The predicted octanol–water partition coefficient (Wildman–Crippen LogP) is 2.30. The summed E-state index contributed by atoms with van der Waals surface area (Å²) in [6, 6.07) is 8.64. The molecule has 11 heteroatoms. The van der Waals surface area contributed by atoms with Gasteiger partial charge in [-0.15, -0.1) is 0 Å². The lowest BCUT2D eigenvalue weighted by atomic mass is 10.1. The number of benzene rings is 1. The lowest BCUT2D eigenvalue weighted by Gasteiger charge is -2.20. The zero-order valence-corrected chi connectivity index (χ0v) is 20.0. The molecule has 4 rings (SSSR count). The Bertz CT molecular complexity index is 1190. The number of rotatable bonds is 8. The summed E-state index contributed by atoms with van der Waals surface area (Å²) in [7, 11) is 3.04. The van der Waals surface area contributed by atoms with E-state index in [1.54, 1.807) is 48.8 Å². The first kappa shape index (κ1) is 24.3. The molecule has 1 atom stereocenters. The number of hydrogen-bond donors (Lipinski definition) is 1. The van der Waals surface area contributed by atoms with E-state index >= 15 is 0 Å². The van der Waals surface area contributed by atoms with Gasteiger partial charge in [0.25, 0.3) is 11.1 Å². The Balaban J connectivity index is 1.32. The van der Waals surface area contributed by atoms with Crippen LogP contribution in [0.5, 0.6) is 11.5 Å². The third kappa shape index (κ3) is 5.29. The van der Waals surface area contributed by atoms with Gasteiger partial charge in [-0.25, -0.2) is 0 Å². The van der Waals surface area contributed by atoms with Crippen LogP contribution in [-0.4, -0.2) is 66.7 Å². The minimum absolute atomic E-state index is 0.0392. The van der Waals surface area contributed by atoms with Gasteiger partial charge in [0, 0.05) is 44.5 Å². The molecule has 3 heterocycles. The first-order valence-corrected chi connectivity index (χ1v) is 11.7. The normalized spacial score (nSPS) is 19.0. The standard InChI is InChI=1S/C24H24N4O6S/c1-33-17-5-6-18(19(12-17)34-2)28-14-16(11-21(28)29)22(30)26-8-9-27-23(31)20(35-24(27)32)10-15-4-3-7-25-13-15/h3-7,10,12-13,16H,8-9,11,14H2,1-2H3,(H,26,30)/b20-10-/t16-/m1/s1. The van der Waals surface area contributed by atoms with Gasteiger partial charge in [-0.05, 0) is 41.6 Å². The molecule has 0 radical (unpaired) electrons. The van der Waals surface area contributed by atoms with Crippen molar-refractivity contribution in [2.45, 2.75) is 6.42 Å². The number of amides is 4. The number of aromatic nitrogens is 1. The number of anilines is 1. The molecule has 1 aromatic carbocycles. The second kappa shape index (κ2) is 10.6. The molecule has 0 unspecified atom stereocenters. The third-order valence-corrected chi connectivity index (χ3v) is 6.57. The van der Waals surface area contributed by atoms with E-state index in [9.17, 15) is 19.2 Å². The van der Waals surface area contributed by atoms with E-state index in [4.69, 9.17) is 9.47 Å². The molecule has 1 N–H and O–H groups in total. The van der Waals surface area contributed by atoms with Crippen molar-refractivity contribution in [1.82, 2.24) is 15.2 Å². The number of methoxy groups -OCH3 is 2. The molecule has 10 nitrogen and oxygen atoms in total. The average molecular weight is 497 g/mol. The number of carbonyl (C=O) groups excluding carboxylic acids is 4. The summed E-state index contributed by atoms with van der Waals surface area (Å²) in [6.07, 6.45) is 4.89. The molecule has 0 saturated carbocycles. The third-order valence-electron chi connectivity index (χ3n) is 5.66. The SMILES string of the molecule is COc1ccc(N2C[C@H](C(=O)NCCN3C(=O)S/C(=C\c4cccnc4)C3=O)CC2=O)c(OC)c1. The van der Waals surface area contributed by atoms with E-state index in [0.29, 0.717) is 22.1 Å². The highest BCUT2D eigenvalue weighted by Crippen LogP contribution is 2.36. The Kier molecular flexibility index (Phi) is 7.35. The van der Waals surface area contributed by atoms with E-state index in [1.807, 2.05) is 0 Å². The second-order valence-electron chi connectivity index (χ2n) is 7.85. The Morgan fingerprint density at radius 1 is 1.23 bits per heavy atom. The van der Waals surface area contributed by atoms with E-state index in [1.165, 1.54) is 19.1 Å². The highest BCUT2D eigenvalue weighted by molar-refractivity contribution is 8.18. The van der Waals surface area contributed by atoms with Gasteiger partial charge in [-0.1, -0.05) is 6.07 Å². The van der Waals surface area contributed by atoms with Gasteiger partial charge >= 0.3 is 0 Å². The number of ether oxygens (including phenoxy) is 2. The van der Waals surface area contributed by atoms with Crippen molar-refractivity contribution in [1.29, 1.82) is 0 Å². The highest BCUT2D eigenvalue weighted by Gasteiger charge is 2.37. The van der Waals surface area contributed by atoms with E-state index in [2.05, 4.69) is 10.3 Å². The fourth-order valence-corrected chi connectivity index (χ4v) is 4.73. The largest absolute Gasteiger partial charge is 0.497 e. The maximum Gasteiger partial charge on any atom is 0.293 e. The van der Waals surface area contributed by atoms with E-state index in [-0.39, 0.29) is 37.9 Å². The zero-order valence-electron chi connectivity index (χ0n) is 19.2. The molecule has 0 aliphatic carbocycles. The number of pyridine rings is 1. The van der Waals surface area contributed by atoms with Crippen molar-refractivity contribution >= 4 is 46.5 Å². The quantitative estimate of drug-likeness (QED) is 0.553. The molecule has 182 valence electrons. The summed E-state index contributed by atoms with van der Waals surface area (Å²) in [5.74, 6) is -0.417. The molecular formula is C24H24N4O6S. The summed E-state index contributed by atoms with van der Waals surface area (Å²) in [5.41, 5.74) is 1.28. The van der Waals surface area contributed by atoms with Gasteiger partial charge in [0.05, 0.1) is 30.7 Å². The highest BCUT2D eigenvalue weighted by atomic mass is 32.2. The summed E-state index contributed by atoms with van der Waals surface area (Å²) in [5, 5.41) is 2.35. The van der Waals surface area contributed by atoms with Crippen molar-refractivity contribution in [2.24, 2.45) is 5.92 Å². The van der Waals surface area contributed by atoms with Crippen LogP contribution in [0.4, 0.5) is 10.5 Å². The number of nitrogens with zero attached hydrogens (tertiary/aromatic N) is 3. The number of thioether (sulfide) groups is 1. The first-order chi connectivity index (χ1) is 16.9. The lowest BCUT2D eigenvalue weighted by Crippen LogP contribution is -2.40. The molecule has 2 saturated heterocycles. The van der Waals surface area contributed by atoms with E-state index in [0.717, 1.165) is 22.2 Å². The van der Waals surface area contributed by atoms with Crippen LogP contribution in [0.15, 0.2) is 47.6 Å². The van der Waals surface area contributed by atoms with Crippen molar-refractivity contribution in [3.8, 4) is 11.5 Å². The van der Waals surface area contributed by atoms with Gasteiger partial charge in [0.15, 0.2) is 0 Å². The maximum absolute atomic E-state index is 12.7. The zero-order chi connectivity index (χ0) is 24.9. The van der Waals surface area contributed by atoms with Crippen LogP contribution < -0.4 is 19.7 Å². The maximum atomic E-state index is 12.7. The number of nitrogens with one attached hydrogen (secondary N) is 1. The summed E-state index contributed by atoms with van der Waals surface area (Å²) < 4.78 is 10.6. The number of carbonyl (C=O) groups is 4. The van der Waals surface area contributed by atoms with Gasteiger partial charge < -0.3 is 19.7 Å². The predicted molar refractivity (Wildman–Crippen MR) is 130 cm³/mol. The Labute approximate surface area is 206 Å². The van der Waals surface area contributed by atoms with Crippen LogP contribution in [0.3, 0.4) is 0 Å². The molecule has 2 fully saturated rings. The molecule has 2 aliphatic heterocycles. The molecule has 2 aliphatic rings. The van der Waals surface area contributed by atoms with Crippen molar-refractivity contribution < 1.29 is 28.7 Å². The van der Waals surface area contributed by atoms with Crippen molar-refractivity contribution in [2.75, 3.05) is 38.8 Å².